The summed E-state index contributed by atoms with van der Waals surface area (Å²) in [5.74, 6) is -0.202. The fraction of sp³-hybridized carbons (Fsp3) is 0.0526. The van der Waals surface area contributed by atoms with Crippen LogP contribution in [0.2, 0.25) is 10.0 Å². The molecule has 0 radical (unpaired) electrons. The van der Waals surface area contributed by atoms with Crippen LogP contribution in [0.4, 0.5) is 0 Å². The van der Waals surface area contributed by atoms with Crippen LogP contribution < -0.4 is 5.32 Å². The molecule has 25 heavy (non-hydrogen) atoms. The van der Waals surface area contributed by atoms with Crippen LogP contribution in [0.15, 0.2) is 67.3 Å². The van der Waals surface area contributed by atoms with E-state index in [-0.39, 0.29) is 5.91 Å². The summed E-state index contributed by atoms with van der Waals surface area (Å²) < 4.78 is 1.91. The molecule has 3 rings (SSSR count). The second-order valence-electron chi connectivity index (χ2n) is 5.32. The van der Waals surface area contributed by atoms with Crippen molar-refractivity contribution in [1.29, 1.82) is 0 Å². The van der Waals surface area contributed by atoms with Crippen molar-refractivity contribution in [2.24, 2.45) is 0 Å². The molecule has 0 fully saturated rings. The first kappa shape index (κ1) is 17.3. The first-order valence-corrected chi connectivity index (χ1v) is 8.36. The van der Waals surface area contributed by atoms with E-state index in [9.17, 15) is 4.79 Å². The normalized spacial score (nSPS) is 11.0. The fourth-order valence-electron chi connectivity index (χ4n) is 2.36. The summed E-state index contributed by atoms with van der Waals surface area (Å²) in [5.41, 5.74) is 2.71. The maximum Gasteiger partial charge on any atom is 0.244 e. The molecular weight excluding hydrogens is 357 g/mol. The van der Waals surface area contributed by atoms with Gasteiger partial charge in [-0.15, -0.1) is 0 Å². The van der Waals surface area contributed by atoms with Gasteiger partial charge in [0.25, 0.3) is 0 Å². The molecule has 126 valence electrons. The molecule has 1 heterocycles. The third-order valence-corrected chi connectivity index (χ3v) is 4.17. The van der Waals surface area contributed by atoms with E-state index in [2.05, 4.69) is 10.3 Å². The van der Waals surface area contributed by atoms with Gasteiger partial charge in [0.1, 0.15) is 0 Å². The Labute approximate surface area is 155 Å². The second-order valence-corrected chi connectivity index (χ2v) is 6.16. The molecule has 1 N–H and O–H groups in total. The molecule has 6 heteroatoms. The number of hydrogen-bond acceptors (Lipinski definition) is 2. The van der Waals surface area contributed by atoms with Gasteiger partial charge in [-0.1, -0.05) is 47.5 Å². The van der Waals surface area contributed by atoms with Gasteiger partial charge in [0.2, 0.25) is 5.91 Å². The molecule has 0 aliphatic rings. The number of para-hydroxylation sites is 1. The minimum absolute atomic E-state index is 0.202. The summed E-state index contributed by atoms with van der Waals surface area (Å²) in [7, 11) is 0. The molecule has 3 aromatic rings. The number of carbonyl (C=O) groups is 1. The molecule has 4 nitrogen and oxygen atoms in total. The molecule has 0 aliphatic carbocycles. The molecule has 0 atom stereocenters. The Bertz CT molecular complexity index is 905. The molecule has 0 unspecified atom stereocenters. The van der Waals surface area contributed by atoms with Crippen LogP contribution in [0, 0.1) is 0 Å². The van der Waals surface area contributed by atoms with E-state index >= 15 is 0 Å². The molecule has 1 amide bonds. The lowest BCUT2D eigenvalue weighted by atomic mass is 10.1. The summed E-state index contributed by atoms with van der Waals surface area (Å²) in [6.07, 6.45) is 8.42. The van der Waals surface area contributed by atoms with Crippen molar-refractivity contribution < 1.29 is 4.79 Å². The van der Waals surface area contributed by atoms with Crippen LogP contribution in [-0.2, 0) is 11.3 Å². The van der Waals surface area contributed by atoms with Crippen molar-refractivity contribution in [3.63, 3.8) is 0 Å². The zero-order valence-corrected chi connectivity index (χ0v) is 14.7. The zero-order chi connectivity index (χ0) is 17.6. The number of imidazole rings is 1. The minimum Gasteiger partial charge on any atom is -0.348 e. The van der Waals surface area contributed by atoms with Crippen molar-refractivity contribution in [3.05, 3.63) is 88.4 Å². The Hall–Kier alpha value is -2.56. The van der Waals surface area contributed by atoms with Crippen LogP contribution in [-0.4, -0.2) is 15.5 Å². The highest BCUT2D eigenvalue weighted by atomic mass is 35.5. The average Bonchev–Trinajstić information content (AvgIpc) is 3.14. The Morgan fingerprint density at radius 1 is 1.20 bits per heavy atom. The van der Waals surface area contributed by atoms with Crippen molar-refractivity contribution in [1.82, 2.24) is 14.9 Å². The number of nitrogens with zero attached hydrogens (tertiary/aromatic N) is 2. The molecule has 0 spiro atoms. The maximum atomic E-state index is 12.1. The lowest BCUT2D eigenvalue weighted by Gasteiger charge is -2.10. The van der Waals surface area contributed by atoms with Gasteiger partial charge >= 0.3 is 0 Å². The van der Waals surface area contributed by atoms with Gasteiger partial charge in [-0.2, -0.15) is 0 Å². The summed E-state index contributed by atoms with van der Waals surface area (Å²) in [5, 5.41) is 3.93. The molecule has 0 aliphatic heterocycles. The van der Waals surface area contributed by atoms with E-state index in [1.807, 2.05) is 35.0 Å². The Morgan fingerprint density at radius 3 is 2.80 bits per heavy atom. The van der Waals surface area contributed by atoms with Gasteiger partial charge in [0, 0.05) is 35.1 Å². The van der Waals surface area contributed by atoms with Gasteiger partial charge in [-0.3, -0.25) is 4.79 Å². The summed E-state index contributed by atoms with van der Waals surface area (Å²) in [6.45, 7) is 0.409. The van der Waals surface area contributed by atoms with E-state index in [1.54, 1.807) is 36.8 Å². The number of hydrogen-bond donors (Lipinski definition) is 1. The van der Waals surface area contributed by atoms with Gasteiger partial charge in [-0.05, 0) is 35.4 Å². The number of aromatic nitrogens is 2. The van der Waals surface area contributed by atoms with E-state index < -0.39 is 0 Å². The summed E-state index contributed by atoms with van der Waals surface area (Å²) in [4.78, 5) is 16.1. The van der Waals surface area contributed by atoms with E-state index in [1.165, 1.54) is 6.08 Å². The van der Waals surface area contributed by atoms with E-state index in [0.29, 0.717) is 16.6 Å². The smallest absolute Gasteiger partial charge is 0.244 e. The molecule has 2 aromatic carbocycles. The lowest BCUT2D eigenvalue weighted by molar-refractivity contribution is -0.116. The number of halogens is 2. The zero-order valence-electron chi connectivity index (χ0n) is 13.2. The van der Waals surface area contributed by atoms with Gasteiger partial charge < -0.3 is 9.88 Å². The van der Waals surface area contributed by atoms with Crippen LogP contribution in [0.1, 0.15) is 11.1 Å². The summed E-state index contributed by atoms with van der Waals surface area (Å²) >= 11 is 11.9. The Morgan fingerprint density at radius 2 is 2.04 bits per heavy atom. The standard InChI is InChI=1S/C19H15Cl2N3O/c20-16-7-5-14(17(21)11-16)6-8-19(25)23-12-15-3-1-2-4-18(15)24-10-9-22-13-24/h1-11,13H,12H2,(H,23,25)/b8-6+. The highest BCUT2D eigenvalue weighted by Gasteiger charge is 2.05. The maximum absolute atomic E-state index is 12.1. The van der Waals surface area contributed by atoms with Crippen LogP contribution >= 0.6 is 23.2 Å². The van der Waals surface area contributed by atoms with Crippen molar-refractivity contribution in [2.45, 2.75) is 6.54 Å². The quantitative estimate of drug-likeness (QED) is 0.670. The van der Waals surface area contributed by atoms with Crippen molar-refractivity contribution >= 4 is 35.2 Å². The fourth-order valence-corrected chi connectivity index (χ4v) is 2.83. The SMILES string of the molecule is O=C(/C=C/c1ccc(Cl)cc1Cl)NCc1ccccc1-n1ccnc1. The number of amides is 1. The van der Waals surface area contributed by atoms with Crippen LogP contribution in [0.3, 0.4) is 0 Å². The molecule has 0 saturated heterocycles. The van der Waals surface area contributed by atoms with Crippen LogP contribution in [0.5, 0.6) is 0 Å². The third kappa shape index (κ3) is 4.50. The third-order valence-electron chi connectivity index (χ3n) is 3.60. The second kappa shape index (κ2) is 8.01. The first-order valence-electron chi connectivity index (χ1n) is 7.60. The average molecular weight is 372 g/mol. The Kier molecular flexibility index (Phi) is 5.53. The van der Waals surface area contributed by atoms with Gasteiger partial charge in [0.15, 0.2) is 0 Å². The largest absolute Gasteiger partial charge is 0.348 e. The monoisotopic (exact) mass is 371 g/mol. The van der Waals surface area contributed by atoms with Gasteiger partial charge in [0.05, 0.1) is 12.0 Å². The van der Waals surface area contributed by atoms with Crippen molar-refractivity contribution in [3.8, 4) is 5.69 Å². The Balaban J connectivity index is 1.66. The highest BCUT2D eigenvalue weighted by Crippen LogP contribution is 2.22. The summed E-state index contributed by atoms with van der Waals surface area (Å²) in [6, 6.07) is 13.0. The number of carbonyl (C=O) groups excluding carboxylic acids is 1. The number of nitrogens with one attached hydrogen (secondary N) is 1. The van der Waals surface area contributed by atoms with Crippen LogP contribution in [0.25, 0.3) is 11.8 Å². The first-order chi connectivity index (χ1) is 12.1. The predicted molar refractivity (Wildman–Crippen MR) is 101 cm³/mol. The molecule has 0 bridgehead atoms. The predicted octanol–water partition coefficient (Wildman–Crippen LogP) is 4.51. The molecule has 0 saturated carbocycles. The van der Waals surface area contributed by atoms with Gasteiger partial charge in [-0.25, -0.2) is 4.98 Å². The van der Waals surface area contributed by atoms with E-state index in [4.69, 9.17) is 23.2 Å². The molecular formula is C19H15Cl2N3O. The van der Waals surface area contributed by atoms with Crippen molar-refractivity contribution in [2.75, 3.05) is 0 Å². The highest BCUT2D eigenvalue weighted by molar-refractivity contribution is 6.35. The topological polar surface area (TPSA) is 46.9 Å². The molecule has 1 aromatic heterocycles. The lowest BCUT2D eigenvalue weighted by Crippen LogP contribution is -2.21. The minimum atomic E-state index is -0.202. The number of rotatable bonds is 5. The number of benzene rings is 2. The van der Waals surface area contributed by atoms with E-state index in [0.717, 1.165) is 16.8 Å².